The van der Waals surface area contributed by atoms with Crippen LogP contribution in [-0.2, 0) is 20.1 Å². The normalized spacial score (nSPS) is 11.1. The van der Waals surface area contributed by atoms with E-state index in [1.54, 1.807) is 17.4 Å². The van der Waals surface area contributed by atoms with Crippen molar-refractivity contribution < 1.29 is 9.21 Å². The molecule has 4 aromatic rings. The van der Waals surface area contributed by atoms with Crippen LogP contribution in [0, 0.1) is 0 Å². The van der Waals surface area contributed by atoms with Crippen molar-refractivity contribution in [2.45, 2.75) is 13.1 Å². The molecule has 0 saturated carbocycles. The number of anilines is 1. The Balaban J connectivity index is 1.55. The molecule has 7 nitrogen and oxygen atoms in total. The summed E-state index contributed by atoms with van der Waals surface area (Å²) in [5, 5.41) is 4.14. The maximum atomic E-state index is 13.1. The lowest BCUT2D eigenvalue weighted by Gasteiger charge is -2.23. The highest BCUT2D eigenvalue weighted by Gasteiger charge is 2.17. The molecule has 8 heteroatoms. The minimum Gasteiger partial charge on any atom is -0.452 e. The van der Waals surface area contributed by atoms with E-state index in [1.165, 1.54) is 0 Å². The van der Waals surface area contributed by atoms with Crippen molar-refractivity contribution in [2.24, 2.45) is 7.05 Å². The predicted octanol–water partition coefficient (Wildman–Crippen LogP) is 4.46. The van der Waals surface area contributed by atoms with E-state index in [9.17, 15) is 4.79 Å². The first-order chi connectivity index (χ1) is 13.6. The molecule has 1 N–H and O–H groups in total. The number of furan rings is 1. The average Bonchev–Trinajstić information content (AvgIpc) is 3.41. The highest BCUT2D eigenvalue weighted by molar-refractivity contribution is 9.10. The van der Waals surface area contributed by atoms with Crippen molar-refractivity contribution in [3.05, 3.63) is 71.7 Å². The molecule has 0 bridgehead atoms. The molecule has 0 atom stereocenters. The fourth-order valence-corrected chi connectivity index (χ4v) is 3.52. The van der Waals surface area contributed by atoms with E-state index in [1.807, 2.05) is 65.0 Å². The van der Waals surface area contributed by atoms with E-state index in [0.717, 1.165) is 16.6 Å². The van der Waals surface area contributed by atoms with Crippen LogP contribution >= 0.6 is 15.9 Å². The summed E-state index contributed by atoms with van der Waals surface area (Å²) < 4.78 is 10.2. The fraction of sp³-hybridized carbons (Fsp3) is 0.200. The van der Waals surface area contributed by atoms with Gasteiger partial charge in [-0.05, 0) is 40.2 Å². The zero-order valence-electron chi connectivity index (χ0n) is 15.4. The molecule has 3 aromatic heterocycles. The first-order valence-electron chi connectivity index (χ1n) is 8.90. The number of benzene rings is 1. The molecule has 1 aromatic carbocycles. The van der Waals surface area contributed by atoms with Gasteiger partial charge in [-0.1, -0.05) is 12.1 Å². The SMILES string of the molecule is Cn1ccc2cccc(NC(=O)N(CCn3ccnc3)Cc3ccc(Br)o3)c21. The number of carbonyl (C=O) groups excluding carboxylic acids is 1. The number of imidazole rings is 1. The summed E-state index contributed by atoms with van der Waals surface area (Å²) >= 11 is 3.31. The molecule has 0 saturated heterocycles. The third-order valence-corrected chi connectivity index (χ3v) is 5.02. The number of halogens is 1. The minimum atomic E-state index is -0.179. The summed E-state index contributed by atoms with van der Waals surface area (Å²) in [7, 11) is 1.97. The average molecular weight is 442 g/mol. The molecule has 0 radical (unpaired) electrons. The van der Waals surface area contributed by atoms with Gasteiger partial charge in [0.15, 0.2) is 4.67 Å². The van der Waals surface area contributed by atoms with Gasteiger partial charge in [-0.3, -0.25) is 0 Å². The van der Waals surface area contributed by atoms with Crippen molar-refractivity contribution in [3.63, 3.8) is 0 Å². The quantitative estimate of drug-likeness (QED) is 0.479. The van der Waals surface area contributed by atoms with Crippen molar-refractivity contribution in [2.75, 3.05) is 11.9 Å². The number of hydrogen-bond acceptors (Lipinski definition) is 3. The Morgan fingerprint density at radius 2 is 2.14 bits per heavy atom. The van der Waals surface area contributed by atoms with Crippen LogP contribution in [0.2, 0.25) is 0 Å². The van der Waals surface area contributed by atoms with Crippen LogP contribution in [0.15, 0.2) is 70.4 Å². The Hall–Kier alpha value is -3.00. The summed E-state index contributed by atoms with van der Waals surface area (Å²) in [6.07, 6.45) is 7.33. The molecule has 3 heterocycles. The van der Waals surface area contributed by atoms with Crippen LogP contribution in [0.5, 0.6) is 0 Å². The topological polar surface area (TPSA) is 68.2 Å². The van der Waals surface area contributed by atoms with Crippen molar-refractivity contribution in [1.29, 1.82) is 0 Å². The Morgan fingerprint density at radius 3 is 2.89 bits per heavy atom. The maximum absolute atomic E-state index is 13.1. The summed E-state index contributed by atoms with van der Waals surface area (Å²) in [4.78, 5) is 18.9. The van der Waals surface area contributed by atoms with Crippen molar-refractivity contribution >= 4 is 38.6 Å². The number of rotatable bonds is 6. The van der Waals surface area contributed by atoms with E-state index in [4.69, 9.17) is 4.42 Å². The Kier molecular flexibility index (Phi) is 5.21. The van der Waals surface area contributed by atoms with Crippen molar-refractivity contribution in [1.82, 2.24) is 19.0 Å². The summed E-state index contributed by atoms with van der Waals surface area (Å²) in [5.74, 6) is 0.713. The largest absolute Gasteiger partial charge is 0.452 e. The van der Waals surface area contributed by atoms with Gasteiger partial charge in [-0.2, -0.15) is 0 Å². The maximum Gasteiger partial charge on any atom is 0.322 e. The lowest BCUT2D eigenvalue weighted by molar-refractivity contribution is 0.201. The van der Waals surface area contributed by atoms with Gasteiger partial charge in [0, 0.05) is 44.1 Å². The van der Waals surface area contributed by atoms with Crippen LogP contribution < -0.4 is 5.32 Å². The van der Waals surface area contributed by atoms with Crippen molar-refractivity contribution in [3.8, 4) is 0 Å². The third-order valence-electron chi connectivity index (χ3n) is 4.59. The Labute approximate surface area is 170 Å². The first-order valence-corrected chi connectivity index (χ1v) is 9.69. The van der Waals surface area contributed by atoms with Gasteiger partial charge < -0.3 is 23.8 Å². The number of carbonyl (C=O) groups is 1. The van der Waals surface area contributed by atoms with Crippen LogP contribution in [-0.4, -0.2) is 31.6 Å². The Morgan fingerprint density at radius 1 is 1.25 bits per heavy atom. The van der Waals surface area contributed by atoms with E-state index in [2.05, 4.69) is 26.2 Å². The Bertz CT molecular complexity index is 1080. The molecule has 0 spiro atoms. The lowest BCUT2D eigenvalue weighted by Crippen LogP contribution is -2.36. The zero-order chi connectivity index (χ0) is 19.5. The summed E-state index contributed by atoms with van der Waals surface area (Å²) in [6.45, 7) is 1.53. The lowest BCUT2D eigenvalue weighted by atomic mass is 10.2. The molecule has 0 aliphatic rings. The zero-order valence-corrected chi connectivity index (χ0v) is 17.0. The van der Waals surface area contributed by atoms with E-state index >= 15 is 0 Å². The van der Waals surface area contributed by atoms with Gasteiger partial charge in [-0.15, -0.1) is 0 Å². The molecule has 0 unspecified atom stereocenters. The molecule has 28 heavy (non-hydrogen) atoms. The molecule has 0 aliphatic heterocycles. The van der Waals surface area contributed by atoms with E-state index < -0.39 is 0 Å². The monoisotopic (exact) mass is 441 g/mol. The van der Waals surface area contributed by atoms with Crippen LogP contribution in [0.4, 0.5) is 10.5 Å². The standard InChI is InChI=1S/C20H20BrN5O2/c1-24-9-7-15-3-2-4-17(19(15)24)23-20(27)26(12-11-25-10-8-22-14-25)13-16-5-6-18(21)28-16/h2-10,14H,11-13H2,1H3,(H,23,27). The highest BCUT2D eigenvalue weighted by atomic mass is 79.9. The highest BCUT2D eigenvalue weighted by Crippen LogP contribution is 2.24. The van der Waals surface area contributed by atoms with Crippen LogP contribution in [0.3, 0.4) is 0 Å². The summed E-state index contributed by atoms with van der Waals surface area (Å²) in [6, 6.07) is 11.4. The number of aromatic nitrogens is 3. The van der Waals surface area contributed by atoms with Gasteiger partial charge in [0.05, 0.1) is 24.1 Å². The van der Waals surface area contributed by atoms with Gasteiger partial charge in [0.2, 0.25) is 0 Å². The number of fused-ring (bicyclic) bond motifs is 1. The molecule has 144 valence electrons. The van der Waals surface area contributed by atoms with E-state index in [0.29, 0.717) is 30.1 Å². The van der Waals surface area contributed by atoms with Gasteiger partial charge in [0.25, 0.3) is 0 Å². The second-order valence-corrected chi connectivity index (χ2v) is 7.31. The molecule has 0 fully saturated rings. The fourth-order valence-electron chi connectivity index (χ4n) is 3.18. The predicted molar refractivity (Wildman–Crippen MR) is 111 cm³/mol. The number of amides is 2. The van der Waals surface area contributed by atoms with Gasteiger partial charge in [-0.25, -0.2) is 9.78 Å². The molecule has 4 rings (SSSR count). The van der Waals surface area contributed by atoms with E-state index in [-0.39, 0.29) is 6.03 Å². The summed E-state index contributed by atoms with van der Waals surface area (Å²) in [5.41, 5.74) is 1.77. The number of hydrogen-bond donors (Lipinski definition) is 1. The first kappa shape index (κ1) is 18.4. The molecule has 2 amide bonds. The number of nitrogens with one attached hydrogen (secondary N) is 1. The third kappa shape index (κ3) is 3.96. The second kappa shape index (κ2) is 7.93. The van der Waals surface area contributed by atoms with Gasteiger partial charge in [0.1, 0.15) is 5.76 Å². The molecule has 0 aliphatic carbocycles. The van der Waals surface area contributed by atoms with Crippen LogP contribution in [0.1, 0.15) is 5.76 Å². The second-order valence-electron chi connectivity index (χ2n) is 6.53. The van der Waals surface area contributed by atoms with Gasteiger partial charge >= 0.3 is 6.03 Å². The number of para-hydroxylation sites is 1. The minimum absolute atomic E-state index is 0.179. The smallest absolute Gasteiger partial charge is 0.322 e. The number of aryl methyl sites for hydroxylation is 1. The number of nitrogens with zero attached hydrogens (tertiary/aromatic N) is 4. The number of urea groups is 1. The molecular formula is C20H20BrN5O2. The van der Waals surface area contributed by atoms with Crippen LogP contribution in [0.25, 0.3) is 10.9 Å². The molecular weight excluding hydrogens is 422 g/mol.